The van der Waals surface area contributed by atoms with Gasteiger partial charge in [0.25, 0.3) is 0 Å². The first-order valence-corrected chi connectivity index (χ1v) is 8.13. The van der Waals surface area contributed by atoms with E-state index in [2.05, 4.69) is 10.3 Å². The third kappa shape index (κ3) is 3.85. The van der Waals surface area contributed by atoms with Crippen molar-refractivity contribution < 1.29 is 23.8 Å². The van der Waals surface area contributed by atoms with Gasteiger partial charge in [0, 0.05) is 18.8 Å². The number of carbonyl (C=O) groups is 2. The number of likely N-dealkylation sites (N-methyl/N-ethyl adjacent to an activating group) is 1. The quantitative estimate of drug-likeness (QED) is 0.762. The standard InChI is InChI=1S/C18H23N3O5/c1-5-18(2,10-22)21(3)17(24)16(23)20-12-6-7-13(14(8-12)25-4)15-9-19-11-26-15/h6-9,11,22H,5,10H2,1-4H3,(H,20,23). The van der Waals surface area contributed by atoms with Gasteiger partial charge in [-0.25, -0.2) is 4.98 Å². The molecule has 0 aliphatic heterocycles. The molecule has 0 radical (unpaired) electrons. The number of benzene rings is 1. The summed E-state index contributed by atoms with van der Waals surface area (Å²) in [4.78, 5) is 29.8. The Morgan fingerprint density at radius 1 is 1.42 bits per heavy atom. The molecule has 0 aliphatic rings. The first-order chi connectivity index (χ1) is 12.4. The van der Waals surface area contributed by atoms with E-state index in [0.717, 1.165) is 0 Å². The molecule has 2 rings (SSSR count). The second kappa shape index (κ2) is 8.01. The highest BCUT2D eigenvalue weighted by Gasteiger charge is 2.33. The van der Waals surface area contributed by atoms with Crippen LogP contribution in [0, 0.1) is 0 Å². The van der Waals surface area contributed by atoms with Gasteiger partial charge in [0.1, 0.15) is 5.75 Å². The number of aliphatic hydroxyl groups excluding tert-OH is 1. The summed E-state index contributed by atoms with van der Waals surface area (Å²) in [6, 6.07) is 4.93. The van der Waals surface area contributed by atoms with Crippen molar-refractivity contribution in [3.8, 4) is 17.1 Å². The van der Waals surface area contributed by atoms with Crippen molar-refractivity contribution in [3.63, 3.8) is 0 Å². The maximum absolute atomic E-state index is 12.4. The van der Waals surface area contributed by atoms with E-state index < -0.39 is 17.4 Å². The van der Waals surface area contributed by atoms with Gasteiger partial charge in [-0.05, 0) is 25.5 Å². The monoisotopic (exact) mass is 361 g/mol. The van der Waals surface area contributed by atoms with Crippen LogP contribution in [0.1, 0.15) is 20.3 Å². The largest absolute Gasteiger partial charge is 0.496 e. The lowest BCUT2D eigenvalue weighted by atomic mass is 9.98. The minimum absolute atomic E-state index is 0.237. The Labute approximate surface area is 151 Å². The Kier molecular flexibility index (Phi) is 5.99. The van der Waals surface area contributed by atoms with Crippen molar-refractivity contribution in [2.45, 2.75) is 25.8 Å². The van der Waals surface area contributed by atoms with E-state index in [1.165, 1.54) is 25.5 Å². The molecule has 0 saturated heterocycles. The van der Waals surface area contributed by atoms with Gasteiger partial charge in [0.05, 0.1) is 31.0 Å². The Bertz CT molecular complexity index is 769. The van der Waals surface area contributed by atoms with Gasteiger partial charge in [-0.3, -0.25) is 9.59 Å². The molecule has 1 atom stereocenters. The zero-order chi connectivity index (χ0) is 19.3. The normalized spacial score (nSPS) is 13.0. The van der Waals surface area contributed by atoms with Crippen molar-refractivity contribution in [1.29, 1.82) is 0 Å². The number of methoxy groups -OCH3 is 1. The average molecular weight is 361 g/mol. The fraction of sp³-hybridized carbons (Fsp3) is 0.389. The number of hydrogen-bond donors (Lipinski definition) is 2. The molecule has 0 spiro atoms. The number of amides is 2. The third-order valence-electron chi connectivity index (χ3n) is 4.57. The van der Waals surface area contributed by atoms with Crippen LogP contribution < -0.4 is 10.1 Å². The molecule has 140 valence electrons. The summed E-state index contributed by atoms with van der Waals surface area (Å²) in [6.07, 6.45) is 3.37. The predicted octanol–water partition coefficient (Wildman–Crippen LogP) is 1.91. The fourth-order valence-corrected chi connectivity index (χ4v) is 2.36. The number of carbonyl (C=O) groups excluding carboxylic acids is 2. The molecular weight excluding hydrogens is 338 g/mol. The molecular formula is C18H23N3O5. The minimum Gasteiger partial charge on any atom is -0.496 e. The summed E-state index contributed by atoms with van der Waals surface area (Å²) >= 11 is 0. The van der Waals surface area contributed by atoms with E-state index in [0.29, 0.717) is 29.2 Å². The maximum Gasteiger partial charge on any atom is 0.313 e. The van der Waals surface area contributed by atoms with E-state index in [1.54, 1.807) is 31.3 Å². The van der Waals surface area contributed by atoms with Crippen LogP contribution in [0.2, 0.25) is 0 Å². The highest BCUT2D eigenvalue weighted by atomic mass is 16.5. The second-order valence-electron chi connectivity index (χ2n) is 6.11. The molecule has 2 amide bonds. The molecule has 1 aromatic carbocycles. The number of aliphatic hydroxyl groups is 1. The third-order valence-corrected chi connectivity index (χ3v) is 4.57. The van der Waals surface area contributed by atoms with E-state index in [1.807, 2.05) is 6.92 Å². The minimum atomic E-state index is -0.803. The van der Waals surface area contributed by atoms with Crippen molar-refractivity contribution in [1.82, 2.24) is 9.88 Å². The molecule has 0 aliphatic carbocycles. The zero-order valence-electron chi connectivity index (χ0n) is 15.3. The molecule has 8 heteroatoms. The molecule has 2 N–H and O–H groups in total. The molecule has 0 bridgehead atoms. The lowest BCUT2D eigenvalue weighted by molar-refractivity contribution is -0.147. The van der Waals surface area contributed by atoms with Gasteiger partial charge in [-0.1, -0.05) is 6.92 Å². The summed E-state index contributed by atoms with van der Waals surface area (Å²) in [5.74, 6) is -0.539. The summed E-state index contributed by atoms with van der Waals surface area (Å²) < 4.78 is 10.6. The molecule has 0 fully saturated rings. The summed E-state index contributed by atoms with van der Waals surface area (Å²) in [7, 11) is 2.99. The Morgan fingerprint density at radius 2 is 2.15 bits per heavy atom. The number of anilines is 1. The van der Waals surface area contributed by atoms with Crippen LogP contribution in [0.25, 0.3) is 11.3 Å². The summed E-state index contributed by atoms with van der Waals surface area (Å²) in [5, 5.41) is 12.1. The SMILES string of the molecule is CCC(C)(CO)N(C)C(=O)C(=O)Nc1ccc(-c2cnco2)c(OC)c1. The average Bonchev–Trinajstić information content (AvgIpc) is 3.20. The van der Waals surface area contributed by atoms with Crippen LogP contribution in [0.3, 0.4) is 0 Å². The summed E-state index contributed by atoms with van der Waals surface area (Å²) in [5.41, 5.74) is 0.270. The van der Waals surface area contributed by atoms with E-state index in [9.17, 15) is 14.7 Å². The van der Waals surface area contributed by atoms with E-state index in [-0.39, 0.29) is 6.61 Å². The molecule has 1 unspecified atom stereocenters. The Morgan fingerprint density at radius 3 is 2.69 bits per heavy atom. The van der Waals surface area contributed by atoms with Crippen molar-refractivity contribution in [3.05, 3.63) is 30.8 Å². The van der Waals surface area contributed by atoms with E-state index in [4.69, 9.17) is 9.15 Å². The van der Waals surface area contributed by atoms with Crippen LogP contribution in [-0.4, -0.2) is 53.1 Å². The zero-order valence-corrected chi connectivity index (χ0v) is 15.3. The van der Waals surface area contributed by atoms with Crippen LogP contribution in [0.4, 0.5) is 5.69 Å². The lowest BCUT2D eigenvalue weighted by Crippen LogP contribution is -2.52. The Hall–Kier alpha value is -2.87. The first-order valence-electron chi connectivity index (χ1n) is 8.13. The lowest BCUT2D eigenvalue weighted by Gasteiger charge is -2.36. The number of aromatic nitrogens is 1. The van der Waals surface area contributed by atoms with E-state index >= 15 is 0 Å². The molecule has 8 nitrogen and oxygen atoms in total. The van der Waals surface area contributed by atoms with Gasteiger partial charge < -0.3 is 24.5 Å². The number of hydrogen-bond acceptors (Lipinski definition) is 6. The predicted molar refractivity (Wildman–Crippen MR) is 95.7 cm³/mol. The molecule has 1 heterocycles. The van der Waals surface area contributed by atoms with Gasteiger partial charge in [-0.2, -0.15) is 0 Å². The van der Waals surface area contributed by atoms with Gasteiger partial charge in [-0.15, -0.1) is 0 Å². The van der Waals surface area contributed by atoms with Crippen LogP contribution in [0.5, 0.6) is 5.75 Å². The number of oxazole rings is 1. The van der Waals surface area contributed by atoms with Crippen molar-refractivity contribution >= 4 is 17.5 Å². The van der Waals surface area contributed by atoms with Crippen LogP contribution in [0.15, 0.2) is 35.2 Å². The van der Waals surface area contributed by atoms with Crippen LogP contribution >= 0.6 is 0 Å². The maximum atomic E-state index is 12.4. The topological polar surface area (TPSA) is 105 Å². The summed E-state index contributed by atoms with van der Waals surface area (Å²) in [6.45, 7) is 3.32. The van der Waals surface area contributed by atoms with Crippen molar-refractivity contribution in [2.75, 3.05) is 26.1 Å². The number of nitrogens with one attached hydrogen (secondary N) is 1. The Balaban J connectivity index is 2.18. The number of rotatable bonds is 6. The smallest absolute Gasteiger partial charge is 0.313 e. The molecule has 26 heavy (non-hydrogen) atoms. The van der Waals surface area contributed by atoms with Gasteiger partial charge in [0.2, 0.25) is 0 Å². The van der Waals surface area contributed by atoms with Crippen molar-refractivity contribution in [2.24, 2.45) is 0 Å². The fourth-order valence-electron chi connectivity index (χ4n) is 2.36. The second-order valence-corrected chi connectivity index (χ2v) is 6.11. The highest BCUT2D eigenvalue weighted by molar-refractivity contribution is 6.39. The number of ether oxygens (including phenoxy) is 1. The molecule has 1 aromatic heterocycles. The van der Waals surface area contributed by atoms with Gasteiger partial charge in [0.15, 0.2) is 12.2 Å². The number of nitrogens with zero attached hydrogens (tertiary/aromatic N) is 2. The first kappa shape index (κ1) is 19.5. The molecule has 2 aromatic rings. The van der Waals surface area contributed by atoms with Crippen LogP contribution in [-0.2, 0) is 9.59 Å². The van der Waals surface area contributed by atoms with Gasteiger partial charge >= 0.3 is 11.8 Å². The molecule has 0 saturated carbocycles. The highest BCUT2D eigenvalue weighted by Crippen LogP contribution is 2.32.